The molecule has 3 aromatic rings. The van der Waals surface area contributed by atoms with Gasteiger partial charge in [-0.1, -0.05) is 13.8 Å². The minimum atomic E-state index is 0.401. The molecule has 0 aliphatic heterocycles. The standard InChI is InChI=1S/C18H18N6/c1-11(2)15-10-20-17(6-16(15)23-14-3-4-14)24-18-13(9-22-24)5-12(7-19)8-21-18/h5-6,8-11,14H,3-4H2,1-2H3,(H,20,23). The van der Waals surface area contributed by atoms with Crippen LogP contribution in [0.25, 0.3) is 16.9 Å². The topological polar surface area (TPSA) is 79.4 Å². The molecule has 1 N–H and O–H groups in total. The van der Waals surface area contributed by atoms with Crippen molar-refractivity contribution in [3.8, 4) is 11.9 Å². The van der Waals surface area contributed by atoms with Gasteiger partial charge in [0.2, 0.25) is 0 Å². The van der Waals surface area contributed by atoms with Gasteiger partial charge in [-0.05, 0) is 30.4 Å². The Morgan fingerprint density at radius 3 is 2.75 bits per heavy atom. The van der Waals surface area contributed by atoms with Crippen molar-refractivity contribution in [2.45, 2.75) is 38.6 Å². The second-order valence-corrected chi connectivity index (χ2v) is 6.51. The Hall–Kier alpha value is -2.94. The Morgan fingerprint density at radius 2 is 2.04 bits per heavy atom. The largest absolute Gasteiger partial charge is 0.382 e. The first-order chi connectivity index (χ1) is 11.7. The summed E-state index contributed by atoms with van der Waals surface area (Å²) in [6, 6.07) is 6.50. The number of nitrogens with one attached hydrogen (secondary N) is 1. The molecule has 120 valence electrons. The molecule has 0 radical (unpaired) electrons. The smallest absolute Gasteiger partial charge is 0.164 e. The Bertz CT molecular complexity index is 946. The minimum absolute atomic E-state index is 0.401. The van der Waals surface area contributed by atoms with Crippen LogP contribution in [0.15, 0.2) is 30.7 Å². The predicted octanol–water partition coefficient (Wildman–Crippen LogP) is 3.38. The van der Waals surface area contributed by atoms with E-state index in [4.69, 9.17) is 5.26 Å². The highest BCUT2D eigenvalue weighted by molar-refractivity contribution is 5.77. The third-order valence-electron chi connectivity index (χ3n) is 4.23. The number of rotatable bonds is 4. The fourth-order valence-corrected chi connectivity index (χ4v) is 2.75. The molecule has 3 heterocycles. The van der Waals surface area contributed by atoms with Crippen molar-refractivity contribution < 1.29 is 0 Å². The van der Waals surface area contributed by atoms with E-state index in [9.17, 15) is 0 Å². The van der Waals surface area contributed by atoms with Crippen molar-refractivity contribution in [3.63, 3.8) is 0 Å². The molecule has 0 unspecified atom stereocenters. The SMILES string of the molecule is CC(C)c1cnc(-n2ncc3cc(C#N)cnc32)cc1NC1CC1. The van der Waals surface area contributed by atoms with Crippen LogP contribution in [-0.2, 0) is 0 Å². The minimum Gasteiger partial charge on any atom is -0.382 e. The molecular formula is C18H18N6. The number of anilines is 1. The van der Waals surface area contributed by atoms with Crippen LogP contribution in [0.2, 0.25) is 0 Å². The molecule has 0 amide bonds. The van der Waals surface area contributed by atoms with Gasteiger partial charge >= 0.3 is 0 Å². The number of nitrogens with zero attached hydrogens (tertiary/aromatic N) is 5. The number of hydrogen-bond acceptors (Lipinski definition) is 5. The summed E-state index contributed by atoms with van der Waals surface area (Å²) in [5.74, 6) is 1.13. The monoisotopic (exact) mass is 318 g/mol. The van der Waals surface area contributed by atoms with E-state index in [2.05, 4.69) is 40.3 Å². The summed E-state index contributed by atoms with van der Waals surface area (Å²) in [6.07, 6.45) is 7.64. The molecule has 0 bridgehead atoms. The molecule has 0 aromatic carbocycles. The number of aromatic nitrogens is 4. The summed E-state index contributed by atoms with van der Waals surface area (Å²) in [7, 11) is 0. The van der Waals surface area contributed by atoms with Crippen molar-refractivity contribution in [3.05, 3.63) is 41.9 Å². The van der Waals surface area contributed by atoms with Gasteiger partial charge in [-0.3, -0.25) is 0 Å². The maximum Gasteiger partial charge on any atom is 0.164 e. The predicted molar refractivity (Wildman–Crippen MR) is 92.1 cm³/mol. The molecule has 1 aliphatic rings. The van der Waals surface area contributed by atoms with E-state index < -0.39 is 0 Å². The Labute approximate surface area is 140 Å². The summed E-state index contributed by atoms with van der Waals surface area (Å²) >= 11 is 0. The van der Waals surface area contributed by atoms with Crippen molar-refractivity contribution >= 4 is 16.7 Å². The second-order valence-electron chi connectivity index (χ2n) is 6.51. The lowest BCUT2D eigenvalue weighted by atomic mass is 10.0. The van der Waals surface area contributed by atoms with E-state index in [0.29, 0.717) is 23.2 Å². The lowest BCUT2D eigenvalue weighted by molar-refractivity contribution is 0.830. The molecule has 1 aliphatic carbocycles. The maximum atomic E-state index is 8.99. The zero-order chi connectivity index (χ0) is 16.7. The summed E-state index contributed by atoms with van der Waals surface area (Å²) in [6.45, 7) is 4.34. The van der Waals surface area contributed by atoms with Gasteiger partial charge in [0, 0.05) is 35.6 Å². The zero-order valence-corrected chi connectivity index (χ0v) is 13.7. The summed E-state index contributed by atoms with van der Waals surface area (Å²) in [5.41, 5.74) is 3.56. The van der Waals surface area contributed by atoms with Gasteiger partial charge in [-0.15, -0.1) is 0 Å². The van der Waals surface area contributed by atoms with Crippen molar-refractivity contribution in [2.75, 3.05) is 5.32 Å². The maximum absolute atomic E-state index is 8.99. The highest BCUT2D eigenvalue weighted by atomic mass is 15.3. The normalized spacial score (nSPS) is 14.1. The third kappa shape index (κ3) is 2.58. The summed E-state index contributed by atoms with van der Waals surface area (Å²) < 4.78 is 1.72. The molecule has 6 heteroatoms. The molecule has 0 atom stereocenters. The van der Waals surface area contributed by atoms with E-state index in [1.54, 1.807) is 23.1 Å². The van der Waals surface area contributed by atoms with E-state index in [1.807, 2.05) is 12.3 Å². The number of fused-ring (bicyclic) bond motifs is 1. The van der Waals surface area contributed by atoms with Crippen LogP contribution in [0.1, 0.15) is 43.7 Å². The first-order valence-corrected chi connectivity index (χ1v) is 8.16. The van der Waals surface area contributed by atoms with Crippen LogP contribution in [0.4, 0.5) is 5.69 Å². The summed E-state index contributed by atoms with van der Waals surface area (Å²) in [4.78, 5) is 8.95. The number of pyridine rings is 2. The van der Waals surface area contributed by atoms with Crippen LogP contribution in [0.5, 0.6) is 0 Å². The Balaban J connectivity index is 1.80. The Morgan fingerprint density at radius 1 is 1.21 bits per heavy atom. The van der Waals surface area contributed by atoms with Crippen LogP contribution < -0.4 is 5.32 Å². The molecule has 4 rings (SSSR count). The van der Waals surface area contributed by atoms with Gasteiger partial charge in [-0.25, -0.2) is 9.97 Å². The fraction of sp³-hybridized carbons (Fsp3) is 0.333. The fourth-order valence-electron chi connectivity index (χ4n) is 2.75. The Kier molecular flexibility index (Phi) is 3.42. The first-order valence-electron chi connectivity index (χ1n) is 8.16. The van der Waals surface area contributed by atoms with Gasteiger partial charge < -0.3 is 5.32 Å². The number of nitriles is 1. The molecule has 1 fully saturated rings. The lowest BCUT2D eigenvalue weighted by Gasteiger charge is -2.15. The van der Waals surface area contributed by atoms with Crippen molar-refractivity contribution in [1.82, 2.24) is 19.7 Å². The second kappa shape index (κ2) is 5.60. The average Bonchev–Trinajstić information content (AvgIpc) is 3.30. The molecule has 0 spiro atoms. The van der Waals surface area contributed by atoms with Crippen molar-refractivity contribution in [1.29, 1.82) is 5.26 Å². The average molecular weight is 318 g/mol. The van der Waals surface area contributed by atoms with E-state index in [1.165, 1.54) is 18.4 Å². The molecule has 1 saturated carbocycles. The van der Waals surface area contributed by atoms with E-state index in [0.717, 1.165) is 16.9 Å². The number of hydrogen-bond donors (Lipinski definition) is 1. The molecule has 6 nitrogen and oxygen atoms in total. The molecular weight excluding hydrogens is 300 g/mol. The highest BCUT2D eigenvalue weighted by Crippen LogP contribution is 2.31. The van der Waals surface area contributed by atoms with Gasteiger partial charge in [0.25, 0.3) is 0 Å². The van der Waals surface area contributed by atoms with E-state index >= 15 is 0 Å². The first kappa shape index (κ1) is 14.6. The zero-order valence-electron chi connectivity index (χ0n) is 13.7. The van der Waals surface area contributed by atoms with Crippen LogP contribution in [0.3, 0.4) is 0 Å². The molecule has 24 heavy (non-hydrogen) atoms. The summed E-state index contributed by atoms with van der Waals surface area (Å²) in [5, 5.41) is 17.8. The van der Waals surface area contributed by atoms with Gasteiger partial charge in [0.1, 0.15) is 6.07 Å². The van der Waals surface area contributed by atoms with Gasteiger partial charge in [0.15, 0.2) is 11.5 Å². The molecule has 3 aromatic heterocycles. The lowest BCUT2D eigenvalue weighted by Crippen LogP contribution is -2.08. The molecule has 0 saturated heterocycles. The quantitative estimate of drug-likeness (QED) is 0.797. The van der Waals surface area contributed by atoms with Gasteiger partial charge in [-0.2, -0.15) is 15.0 Å². The highest BCUT2D eigenvalue weighted by Gasteiger charge is 2.23. The van der Waals surface area contributed by atoms with Crippen molar-refractivity contribution in [2.24, 2.45) is 0 Å². The van der Waals surface area contributed by atoms with Crippen LogP contribution in [-0.4, -0.2) is 25.8 Å². The van der Waals surface area contributed by atoms with Crippen LogP contribution >= 0.6 is 0 Å². The van der Waals surface area contributed by atoms with E-state index in [-0.39, 0.29) is 0 Å². The van der Waals surface area contributed by atoms with Gasteiger partial charge in [0.05, 0.1) is 11.8 Å². The van der Waals surface area contributed by atoms with Crippen LogP contribution in [0, 0.1) is 11.3 Å². The third-order valence-corrected chi connectivity index (χ3v) is 4.23.